The molecule has 0 saturated heterocycles. The van der Waals surface area contributed by atoms with Crippen LogP contribution in [0.15, 0.2) is 36.5 Å². The molecule has 2 rings (SSSR count). The predicted molar refractivity (Wildman–Crippen MR) is 108 cm³/mol. The highest BCUT2D eigenvalue weighted by atomic mass is 16.4. The van der Waals surface area contributed by atoms with Gasteiger partial charge in [-0.15, -0.1) is 0 Å². The summed E-state index contributed by atoms with van der Waals surface area (Å²) in [5.74, 6) is -0.315. The van der Waals surface area contributed by atoms with Crippen molar-refractivity contribution in [1.29, 1.82) is 0 Å². The van der Waals surface area contributed by atoms with E-state index in [-0.39, 0.29) is 5.69 Å². The molecule has 1 N–H and O–H groups in total. The molecule has 0 unspecified atom stereocenters. The van der Waals surface area contributed by atoms with E-state index in [9.17, 15) is 9.90 Å². The zero-order chi connectivity index (χ0) is 18.9. The van der Waals surface area contributed by atoms with Crippen LogP contribution >= 0.6 is 0 Å². The molecular weight excluding hydrogens is 322 g/mol. The molecule has 3 nitrogen and oxygen atoms in total. The molecule has 0 saturated carbocycles. The summed E-state index contributed by atoms with van der Waals surface area (Å²) in [6, 6.07) is 10.3. The van der Waals surface area contributed by atoms with Gasteiger partial charge < -0.3 is 5.11 Å². The number of aromatic carboxylic acids is 1. The van der Waals surface area contributed by atoms with Gasteiger partial charge in [0.1, 0.15) is 0 Å². The second-order valence-electron chi connectivity index (χ2n) is 7.27. The van der Waals surface area contributed by atoms with Gasteiger partial charge in [-0.25, -0.2) is 9.78 Å². The van der Waals surface area contributed by atoms with E-state index >= 15 is 0 Å². The maximum Gasteiger partial charge on any atom is 0.355 e. The van der Waals surface area contributed by atoms with E-state index in [0.29, 0.717) is 5.92 Å². The molecular formula is C23H31NO2. The number of carboxylic acids is 1. The van der Waals surface area contributed by atoms with Gasteiger partial charge in [-0.05, 0) is 47.9 Å². The van der Waals surface area contributed by atoms with Crippen LogP contribution in [0.2, 0.25) is 0 Å². The van der Waals surface area contributed by atoms with Gasteiger partial charge in [-0.1, -0.05) is 70.7 Å². The highest BCUT2D eigenvalue weighted by molar-refractivity contribution is 5.94. The van der Waals surface area contributed by atoms with Gasteiger partial charge in [0, 0.05) is 11.8 Å². The topological polar surface area (TPSA) is 50.2 Å². The van der Waals surface area contributed by atoms with E-state index < -0.39 is 5.97 Å². The first-order valence-corrected chi connectivity index (χ1v) is 9.86. The summed E-state index contributed by atoms with van der Waals surface area (Å²) in [6.45, 7) is 6.66. The number of carbonyl (C=O) groups is 1. The third kappa shape index (κ3) is 5.69. The normalized spacial score (nSPS) is 12.1. The van der Waals surface area contributed by atoms with Crippen LogP contribution in [-0.4, -0.2) is 16.1 Å². The van der Waals surface area contributed by atoms with Gasteiger partial charge in [0.25, 0.3) is 0 Å². The van der Waals surface area contributed by atoms with Crippen LogP contribution in [0.25, 0.3) is 11.1 Å². The highest BCUT2D eigenvalue weighted by Gasteiger charge is 2.14. The first kappa shape index (κ1) is 20.2. The van der Waals surface area contributed by atoms with Crippen LogP contribution < -0.4 is 0 Å². The summed E-state index contributed by atoms with van der Waals surface area (Å²) in [5.41, 5.74) is 4.20. The van der Waals surface area contributed by atoms with E-state index in [2.05, 4.69) is 37.9 Å². The molecule has 26 heavy (non-hydrogen) atoms. The van der Waals surface area contributed by atoms with Crippen LogP contribution in [0.1, 0.15) is 74.5 Å². The molecule has 0 bridgehead atoms. The third-order valence-electron chi connectivity index (χ3n) is 5.01. The molecule has 2 aromatic rings. The molecule has 140 valence electrons. The first-order chi connectivity index (χ1) is 12.5. The lowest BCUT2D eigenvalue weighted by Gasteiger charge is -2.11. The number of aromatic nitrogens is 1. The third-order valence-corrected chi connectivity index (χ3v) is 5.01. The molecule has 1 aromatic carbocycles. The lowest BCUT2D eigenvalue weighted by atomic mass is 9.95. The van der Waals surface area contributed by atoms with E-state index in [0.717, 1.165) is 42.4 Å². The van der Waals surface area contributed by atoms with E-state index in [1.54, 1.807) is 6.20 Å². The standard InChI is InChI=1S/C23H31NO2/c1-4-6-7-8-9-19-15-21(22(23(25)26)24-16-19)20-12-10-18(11-13-20)14-17(3)5-2/h10-13,15-17H,4-9,14H2,1-3H3,(H,25,26)/t17-/m0/s1. The molecule has 0 fully saturated rings. The van der Waals surface area contributed by atoms with Crippen LogP contribution in [0.3, 0.4) is 0 Å². The Labute approximate surface area is 157 Å². The number of unbranched alkanes of at least 4 members (excludes halogenated alkanes) is 3. The van der Waals surface area contributed by atoms with Gasteiger partial charge in [0.05, 0.1) is 0 Å². The molecule has 3 heteroatoms. The maximum absolute atomic E-state index is 11.6. The Morgan fingerprint density at radius 3 is 2.42 bits per heavy atom. The summed E-state index contributed by atoms with van der Waals surface area (Å²) in [6.07, 6.45) is 9.66. The Morgan fingerprint density at radius 1 is 1.08 bits per heavy atom. The zero-order valence-corrected chi connectivity index (χ0v) is 16.3. The molecule has 1 atom stereocenters. The number of aryl methyl sites for hydroxylation is 1. The lowest BCUT2D eigenvalue weighted by Crippen LogP contribution is -2.05. The summed E-state index contributed by atoms with van der Waals surface area (Å²) < 4.78 is 0. The molecule has 0 radical (unpaired) electrons. The molecule has 0 aliphatic heterocycles. The van der Waals surface area contributed by atoms with Gasteiger partial charge in [-0.3, -0.25) is 0 Å². The van der Waals surface area contributed by atoms with Crippen LogP contribution in [0.4, 0.5) is 0 Å². The molecule has 0 spiro atoms. The quantitative estimate of drug-likeness (QED) is 0.520. The molecule has 0 amide bonds. The predicted octanol–water partition coefficient (Wildman–Crippen LogP) is 6.16. The van der Waals surface area contributed by atoms with E-state index in [4.69, 9.17) is 0 Å². The second-order valence-corrected chi connectivity index (χ2v) is 7.27. The van der Waals surface area contributed by atoms with E-state index in [1.165, 1.54) is 24.8 Å². The SMILES string of the molecule is CCCCCCc1cnc(C(=O)O)c(-c2ccc(C[C@@H](C)CC)cc2)c1. The Balaban J connectivity index is 2.23. The van der Waals surface area contributed by atoms with Crippen LogP contribution in [-0.2, 0) is 12.8 Å². The average Bonchev–Trinajstić information content (AvgIpc) is 2.65. The van der Waals surface area contributed by atoms with Crippen molar-refractivity contribution in [3.05, 3.63) is 53.3 Å². The highest BCUT2D eigenvalue weighted by Crippen LogP contribution is 2.26. The van der Waals surface area contributed by atoms with Gasteiger partial charge in [0.2, 0.25) is 0 Å². The lowest BCUT2D eigenvalue weighted by molar-refractivity contribution is 0.0691. The Hall–Kier alpha value is -2.16. The summed E-state index contributed by atoms with van der Waals surface area (Å²) in [5, 5.41) is 9.51. The van der Waals surface area contributed by atoms with Crippen molar-refractivity contribution >= 4 is 5.97 Å². The van der Waals surface area contributed by atoms with Gasteiger partial charge >= 0.3 is 5.97 Å². The number of hydrogen-bond donors (Lipinski definition) is 1. The average molecular weight is 354 g/mol. The molecule has 0 aliphatic rings. The summed E-state index contributed by atoms with van der Waals surface area (Å²) in [4.78, 5) is 15.8. The Kier molecular flexibility index (Phi) is 7.83. The Bertz CT molecular complexity index is 707. The first-order valence-electron chi connectivity index (χ1n) is 9.86. The zero-order valence-electron chi connectivity index (χ0n) is 16.3. The fourth-order valence-corrected chi connectivity index (χ4v) is 3.16. The largest absolute Gasteiger partial charge is 0.476 e. The van der Waals surface area contributed by atoms with E-state index in [1.807, 2.05) is 18.2 Å². The monoisotopic (exact) mass is 353 g/mol. The van der Waals surface area contributed by atoms with Gasteiger partial charge in [0.15, 0.2) is 5.69 Å². The summed E-state index contributed by atoms with van der Waals surface area (Å²) >= 11 is 0. The van der Waals surface area contributed by atoms with Crippen molar-refractivity contribution in [3.63, 3.8) is 0 Å². The molecule has 0 aliphatic carbocycles. The van der Waals surface area contributed by atoms with Crippen molar-refractivity contribution in [1.82, 2.24) is 4.98 Å². The van der Waals surface area contributed by atoms with Crippen molar-refractivity contribution in [2.45, 2.75) is 65.7 Å². The fourth-order valence-electron chi connectivity index (χ4n) is 3.16. The Morgan fingerprint density at radius 2 is 1.81 bits per heavy atom. The van der Waals surface area contributed by atoms with Gasteiger partial charge in [-0.2, -0.15) is 0 Å². The second kappa shape index (κ2) is 10.1. The van der Waals surface area contributed by atoms with Crippen LogP contribution in [0.5, 0.6) is 0 Å². The van der Waals surface area contributed by atoms with Crippen molar-refractivity contribution < 1.29 is 9.90 Å². The fraction of sp³-hybridized carbons (Fsp3) is 0.478. The molecule has 1 heterocycles. The smallest absolute Gasteiger partial charge is 0.355 e. The van der Waals surface area contributed by atoms with Crippen molar-refractivity contribution in [2.24, 2.45) is 5.92 Å². The number of nitrogens with zero attached hydrogens (tertiary/aromatic N) is 1. The minimum Gasteiger partial charge on any atom is -0.476 e. The van der Waals surface area contributed by atoms with Crippen LogP contribution in [0, 0.1) is 5.92 Å². The minimum absolute atomic E-state index is 0.136. The minimum atomic E-state index is -0.971. The number of benzene rings is 1. The number of carboxylic acid groups (broad SMARTS) is 1. The molecule has 1 aromatic heterocycles. The maximum atomic E-state index is 11.6. The van der Waals surface area contributed by atoms with Crippen molar-refractivity contribution in [2.75, 3.05) is 0 Å². The number of hydrogen-bond acceptors (Lipinski definition) is 2. The number of pyridine rings is 1. The number of rotatable bonds is 10. The summed E-state index contributed by atoms with van der Waals surface area (Å²) in [7, 11) is 0. The van der Waals surface area contributed by atoms with Crippen molar-refractivity contribution in [3.8, 4) is 11.1 Å².